The van der Waals surface area contributed by atoms with Crippen molar-refractivity contribution in [1.29, 1.82) is 0 Å². The third-order valence-corrected chi connectivity index (χ3v) is 3.73. The van der Waals surface area contributed by atoms with Crippen LogP contribution in [-0.2, 0) is 4.74 Å². The van der Waals surface area contributed by atoms with Crippen molar-refractivity contribution in [2.75, 3.05) is 40.5 Å². The predicted octanol–water partition coefficient (Wildman–Crippen LogP) is 1.42. The van der Waals surface area contributed by atoms with Gasteiger partial charge in [-0.25, -0.2) is 0 Å². The Morgan fingerprint density at radius 2 is 2.20 bits per heavy atom. The molecule has 2 unspecified atom stereocenters. The number of methoxy groups -OCH3 is 2. The van der Waals surface area contributed by atoms with Gasteiger partial charge in [-0.2, -0.15) is 0 Å². The maximum absolute atomic E-state index is 6.02. The minimum absolute atomic E-state index is 0.117. The number of nitrogens with zero attached hydrogens (tertiary/aromatic N) is 1. The largest absolute Gasteiger partial charge is 0.493 e. The molecule has 0 amide bonds. The summed E-state index contributed by atoms with van der Waals surface area (Å²) in [6.45, 7) is 5.12. The smallest absolute Gasteiger partial charge is 0.165 e. The van der Waals surface area contributed by atoms with Crippen LogP contribution in [0.25, 0.3) is 0 Å². The number of benzene rings is 1. The SMILES string of the molecule is COc1cccc(C(CN)N2CCOC(C)C2)c1OC. The Labute approximate surface area is 120 Å². The zero-order chi connectivity index (χ0) is 14.5. The Bertz CT molecular complexity index is 439. The average Bonchev–Trinajstić information content (AvgIpc) is 2.47. The molecule has 0 saturated carbocycles. The first-order chi connectivity index (χ1) is 9.71. The van der Waals surface area contributed by atoms with Crippen LogP contribution in [0.3, 0.4) is 0 Å². The van der Waals surface area contributed by atoms with Crippen molar-refractivity contribution in [3.8, 4) is 11.5 Å². The number of morpholine rings is 1. The highest BCUT2D eigenvalue weighted by molar-refractivity contribution is 5.48. The fourth-order valence-electron chi connectivity index (χ4n) is 2.78. The van der Waals surface area contributed by atoms with Crippen LogP contribution in [0, 0.1) is 0 Å². The number of hydrogen-bond donors (Lipinski definition) is 1. The number of rotatable bonds is 5. The van der Waals surface area contributed by atoms with E-state index in [-0.39, 0.29) is 12.1 Å². The lowest BCUT2D eigenvalue weighted by Crippen LogP contribution is -2.45. The standard InChI is InChI=1S/C15H24N2O3/c1-11-10-17(7-8-20-11)13(9-16)12-5-4-6-14(18-2)15(12)19-3/h4-6,11,13H,7-10,16H2,1-3H3. The Balaban J connectivity index is 2.31. The Kier molecular flexibility index (Phi) is 5.23. The quantitative estimate of drug-likeness (QED) is 0.884. The monoisotopic (exact) mass is 280 g/mol. The molecule has 20 heavy (non-hydrogen) atoms. The maximum atomic E-state index is 6.02. The lowest BCUT2D eigenvalue weighted by atomic mass is 10.0. The summed E-state index contributed by atoms with van der Waals surface area (Å²) < 4.78 is 16.5. The second-order valence-corrected chi connectivity index (χ2v) is 5.01. The van der Waals surface area contributed by atoms with Gasteiger partial charge < -0.3 is 19.9 Å². The molecule has 1 aromatic rings. The Hall–Kier alpha value is -1.30. The van der Waals surface area contributed by atoms with E-state index >= 15 is 0 Å². The molecule has 0 aliphatic carbocycles. The molecule has 1 fully saturated rings. The topological polar surface area (TPSA) is 57.0 Å². The van der Waals surface area contributed by atoms with Gasteiger partial charge in [0, 0.05) is 25.2 Å². The molecular formula is C15H24N2O3. The normalized spacial score (nSPS) is 21.5. The highest BCUT2D eigenvalue weighted by Gasteiger charge is 2.27. The van der Waals surface area contributed by atoms with E-state index in [9.17, 15) is 0 Å². The van der Waals surface area contributed by atoms with E-state index in [0.29, 0.717) is 6.54 Å². The van der Waals surface area contributed by atoms with Crippen molar-refractivity contribution in [3.05, 3.63) is 23.8 Å². The molecule has 5 heteroatoms. The molecule has 0 radical (unpaired) electrons. The summed E-state index contributed by atoms with van der Waals surface area (Å²) in [7, 11) is 3.31. The number of hydrogen-bond acceptors (Lipinski definition) is 5. The average molecular weight is 280 g/mol. The second-order valence-electron chi connectivity index (χ2n) is 5.01. The van der Waals surface area contributed by atoms with Crippen molar-refractivity contribution in [2.45, 2.75) is 19.1 Å². The van der Waals surface area contributed by atoms with Crippen LogP contribution in [-0.4, -0.2) is 51.5 Å². The van der Waals surface area contributed by atoms with Crippen LogP contribution in [0.15, 0.2) is 18.2 Å². The molecule has 2 rings (SSSR count). The van der Waals surface area contributed by atoms with Crippen LogP contribution in [0.1, 0.15) is 18.5 Å². The summed E-state index contributed by atoms with van der Waals surface area (Å²) in [5.41, 5.74) is 7.09. The molecular weight excluding hydrogens is 256 g/mol. The zero-order valence-electron chi connectivity index (χ0n) is 12.5. The molecule has 112 valence electrons. The molecule has 0 spiro atoms. The van der Waals surface area contributed by atoms with Gasteiger partial charge in [-0.15, -0.1) is 0 Å². The molecule has 2 N–H and O–H groups in total. The minimum Gasteiger partial charge on any atom is -0.493 e. The van der Waals surface area contributed by atoms with Crippen LogP contribution in [0.5, 0.6) is 11.5 Å². The van der Waals surface area contributed by atoms with Gasteiger partial charge in [0.05, 0.1) is 33.0 Å². The van der Waals surface area contributed by atoms with Crippen LogP contribution >= 0.6 is 0 Å². The van der Waals surface area contributed by atoms with Crippen molar-refractivity contribution < 1.29 is 14.2 Å². The highest BCUT2D eigenvalue weighted by Crippen LogP contribution is 2.36. The molecule has 5 nitrogen and oxygen atoms in total. The number of para-hydroxylation sites is 1. The fourth-order valence-corrected chi connectivity index (χ4v) is 2.78. The van der Waals surface area contributed by atoms with Gasteiger partial charge in [0.2, 0.25) is 0 Å². The molecule has 1 aliphatic rings. The van der Waals surface area contributed by atoms with Crippen LogP contribution in [0.4, 0.5) is 0 Å². The summed E-state index contributed by atoms with van der Waals surface area (Å²) in [6, 6.07) is 6.05. The van der Waals surface area contributed by atoms with Gasteiger partial charge in [0.25, 0.3) is 0 Å². The number of ether oxygens (including phenoxy) is 3. The Morgan fingerprint density at radius 3 is 2.80 bits per heavy atom. The second kappa shape index (κ2) is 6.92. The first-order valence-electron chi connectivity index (χ1n) is 6.97. The number of nitrogens with two attached hydrogens (primary N) is 1. The van der Waals surface area contributed by atoms with E-state index < -0.39 is 0 Å². The summed E-state index contributed by atoms with van der Waals surface area (Å²) in [6.07, 6.45) is 0.231. The summed E-state index contributed by atoms with van der Waals surface area (Å²) >= 11 is 0. The fraction of sp³-hybridized carbons (Fsp3) is 0.600. The molecule has 2 atom stereocenters. The van der Waals surface area contributed by atoms with Crippen molar-refractivity contribution >= 4 is 0 Å². The first-order valence-corrected chi connectivity index (χ1v) is 6.97. The molecule has 1 aliphatic heterocycles. The van der Waals surface area contributed by atoms with E-state index in [0.717, 1.165) is 36.8 Å². The van der Waals surface area contributed by atoms with Gasteiger partial charge in [-0.1, -0.05) is 12.1 Å². The lowest BCUT2D eigenvalue weighted by molar-refractivity contribution is -0.0336. The summed E-state index contributed by atoms with van der Waals surface area (Å²) in [4.78, 5) is 2.35. The van der Waals surface area contributed by atoms with Crippen LogP contribution < -0.4 is 15.2 Å². The van der Waals surface area contributed by atoms with E-state index in [1.165, 1.54) is 0 Å². The van der Waals surface area contributed by atoms with E-state index in [1.54, 1.807) is 14.2 Å². The van der Waals surface area contributed by atoms with E-state index in [2.05, 4.69) is 17.9 Å². The van der Waals surface area contributed by atoms with Crippen molar-refractivity contribution in [3.63, 3.8) is 0 Å². The predicted molar refractivity (Wildman–Crippen MR) is 78.3 cm³/mol. The third-order valence-electron chi connectivity index (χ3n) is 3.73. The Morgan fingerprint density at radius 1 is 1.40 bits per heavy atom. The van der Waals surface area contributed by atoms with Gasteiger partial charge in [0.15, 0.2) is 11.5 Å². The minimum atomic E-state index is 0.117. The van der Waals surface area contributed by atoms with Crippen molar-refractivity contribution in [1.82, 2.24) is 4.90 Å². The van der Waals surface area contributed by atoms with Crippen molar-refractivity contribution in [2.24, 2.45) is 5.73 Å². The van der Waals surface area contributed by atoms with Gasteiger partial charge in [-0.05, 0) is 13.0 Å². The lowest BCUT2D eigenvalue weighted by Gasteiger charge is -2.37. The third kappa shape index (κ3) is 3.06. The maximum Gasteiger partial charge on any atom is 0.165 e. The van der Waals surface area contributed by atoms with E-state index in [1.807, 2.05) is 12.1 Å². The highest BCUT2D eigenvalue weighted by atomic mass is 16.5. The molecule has 1 aromatic carbocycles. The van der Waals surface area contributed by atoms with Crippen LogP contribution in [0.2, 0.25) is 0 Å². The summed E-state index contributed by atoms with van der Waals surface area (Å²) in [5.74, 6) is 1.51. The zero-order valence-corrected chi connectivity index (χ0v) is 12.5. The summed E-state index contributed by atoms with van der Waals surface area (Å²) in [5, 5.41) is 0. The van der Waals surface area contributed by atoms with E-state index in [4.69, 9.17) is 19.9 Å². The molecule has 0 bridgehead atoms. The van der Waals surface area contributed by atoms with Gasteiger partial charge in [-0.3, -0.25) is 4.90 Å². The van der Waals surface area contributed by atoms with Gasteiger partial charge >= 0.3 is 0 Å². The molecule has 1 saturated heterocycles. The first kappa shape index (κ1) is 15.1. The molecule has 1 heterocycles. The van der Waals surface area contributed by atoms with Gasteiger partial charge in [0.1, 0.15) is 0 Å². The molecule has 0 aromatic heterocycles.